The molecule has 0 N–H and O–H groups in total. The zero-order valence-corrected chi connectivity index (χ0v) is 12.4. The average molecular weight is 236 g/mol. The van der Waals surface area contributed by atoms with Crippen molar-refractivity contribution >= 4 is 0 Å². The zero-order chi connectivity index (χ0) is 13.3. The summed E-state index contributed by atoms with van der Waals surface area (Å²) in [5.74, 6) is 0.808. The van der Waals surface area contributed by atoms with E-state index in [1.165, 1.54) is 36.2 Å². The van der Waals surface area contributed by atoms with Gasteiger partial charge in [0.2, 0.25) is 0 Å². The van der Waals surface area contributed by atoms with Crippen LogP contribution in [0.15, 0.2) is 6.33 Å². The maximum Gasteiger partial charge on any atom is 0.115 e. The first kappa shape index (κ1) is 16.1. The van der Waals surface area contributed by atoms with Crippen LogP contribution in [-0.4, -0.2) is 9.97 Å². The fraction of sp³-hybridized carbons (Fsp3) is 0.733. The van der Waals surface area contributed by atoms with Gasteiger partial charge in [0.15, 0.2) is 0 Å². The summed E-state index contributed by atoms with van der Waals surface area (Å²) in [4.78, 5) is 8.52. The number of fused-ring (bicyclic) bond motifs is 1. The van der Waals surface area contributed by atoms with E-state index >= 15 is 0 Å². The highest BCUT2D eigenvalue weighted by atomic mass is 14.8. The number of hydrogen-bond donors (Lipinski definition) is 0. The van der Waals surface area contributed by atoms with Crippen molar-refractivity contribution in [3.05, 3.63) is 23.3 Å². The molecule has 0 amide bonds. The number of aromatic nitrogens is 2. The Morgan fingerprint density at radius 2 is 1.82 bits per heavy atom. The number of aryl methyl sites for hydroxylation is 2. The van der Waals surface area contributed by atoms with Gasteiger partial charge < -0.3 is 0 Å². The molecule has 0 aromatic carbocycles. The van der Waals surface area contributed by atoms with Gasteiger partial charge in [-0.1, -0.05) is 41.0 Å². The van der Waals surface area contributed by atoms with Gasteiger partial charge in [-0.3, -0.25) is 0 Å². The van der Waals surface area contributed by atoms with E-state index in [0.717, 1.165) is 12.3 Å². The van der Waals surface area contributed by atoms with Crippen LogP contribution in [-0.2, 0) is 12.8 Å². The second-order valence-corrected chi connectivity index (χ2v) is 4.44. The van der Waals surface area contributed by atoms with E-state index in [1.807, 2.05) is 13.8 Å². The van der Waals surface area contributed by atoms with Gasteiger partial charge in [0.05, 0.1) is 0 Å². The van der Waals surface area contributed by atoms with Gasteiger partial charge >= 0.3 is 0 Å². The van der Waals surface area contributed by atoms with Gasteiger partial charge in [0.25, 0.3) is 0 Å². The van der Waals surface area contributed by atoms with Gasteiger partial charge in [0.1, 0.15) is 6.33 Å². The standard InChI is InChI=1S/C10H14N2.C3H8.C2H6/c1-7-3-4-10-9(5-7)8(2)11-6-12-10;1-3-2;1-2/h6-7H,3-5H2,1-2H3;3H2,1-2H3;1-2H3. The predicted molar refractivity (Wildman–Crippen MR) is 75.3 cm³/mol. The molecule has 1 heterocycles. The lowest BCUT2D eigenvalue weighted by molar-refractivity contribution is 0.489. The molecule has 0 radical (unpaired) electrons. The van der Waals surface area contributed by atoms with Crippen molar-refractivity contribution in [1.29, 1.82) is 0 Å². The summed E-state index contributed by atoms with van der Waals surface area (Å²) >= 11 is 0. The summed E-state index contributed by atoms with van der Waals surface area (Å²) in [6.45, 7) is 12.6. The molecule has 1 aliphatic carbocycles. The van der Waals surface area contributed by atoms with Gasteiger partial charge in [0, 0.05) is 11.4 Å². The Kier molecular flexibility index (Phi) is 8.65. The summed E-state index contributed by atoms with van der Waals surface area (Å²) in [6, 6.07) is 0. The first-order valence-corrected chi connectivity index (χ1v) is 6.98. The molecule has 2 nitrogen and oxygen atoms in total. The molecule has 1 unspecified atom stereocenters. The van der Waals surface area contributed by atoms with Gasteiger partial charge in [-0.15, -0.1) is 0 Å². The van der Waals surface area contributed by atoms with E-state index in [0.29, 0.717) is 0 Å². The molecule has 0 saturated carbocycles. The minimum Gasteiger partial charge on any atom is -0.241 e. The van der Waals surface area contributed by atoms with Crippen LogP contribution < -0.4 is 0 Å². The molecular formula is C15H28N2. The summed E-state index contributed by atoms with van der Waals surface area (Å²) in [5.41, 5.74) is 3.85. The molecule has 0 fully saturated rings. The quantitative estimate of drug-likeness (QED) is 0.669. The smallest absolute Gasteiger partial charge is 0.115 e. The van der Waals surface area contributed by atoms with Crippen LogP contribution in [0, 0.1) is 12.8 Å². The van der Waals surface area contributed by atoms with Crippen molar-refractivity contribution < 1.29 is 0 Å². The Morgan fingerprint density at radius 1 is 1.24 bits per heavy atom. The highest BCUT2D eigenvalue weighted by Gasteiger charge is 2.17. The van der Waals surface area contributed by atoms with E-state index in [9.17, 15) is 0 Å². The normalized spacial score (nSPS) is 16.9. The Morgan fingerprint density at radius 3 is 2.41 bits per heavy atom. The van der Waals surface area contributed by atoms with Crippen LogP contribution in [0.1, 0.15) is 64.4 Å². The van der Waals surface area contributed by atoms with Crippen LogP contribution in [0.3, 0.4) is 0 Å². The monoisotopic (exact) mass is 236 g/mol. The van der Waals surface area contributed by atoms with Crippen LogP contribution in [0.4, 0.5) is 0 Å². The zero-order valence-electron chi connectivity index (χ0n) is 12.4. The maximum atomic E-state index is 4.30. The number of rotatable bonds is 0. The van der Waals surface area contributed by atoms with Gasteiger partial charge in [-0.25, -0.2) is 9.97 Å². The number of hydrogen-bond acceptors (Lipinski definition) is 2. The van der Waals surface area contributed by atoms with Crippen LogP contribution in [0.2, 0.25) is 0 Å². The van der Waals surface area contributed by atoms with E-state index in [2.05, 4.69) is 37.7 Å². The molecule has 1 atom stereocenters. The fourth-order valence-electron chi connectivity index (χ4n) is 1.86. The summed E-state index contributed by atoms with van der Waals surface area (Å²) in [5, 5.41) is 0. The average Bonchev–Trinajstić information content (AvgIpc) is 2.34. The largest absolute Gasteiger partial charge is 0.241 e. The van der Waals surface area contributed by atoms with Crippen molar-refractivity contribution in [1.82, 2.24) is 9.97 Å². The van der Waals surface area contributed by atoms with Crippen molar-refractivity contribution in [3.63, 3.8) is 0 Å². The fourth-order valence-corrected chi connectivity index (χ4v) is 1.86. The summed E-state index contributed by atoms with van der Waals surface area (Å²) in [6.07, 6.45) is 6.52. The van der Waals surface area contributed by atoms with E-state index < -0.39 is 0 Å². The predicted octanol–water partition coefficient (Wildman–Crippen LogP) is 4.35. The lowest BCUT2D eigenvalue weighted by atomic mass is 9.87. The molecule has 1 aliphatic rings. The first-order chi connectivity index (χ1) is 8.19. The molecule has 2 heteroatoms. The third-order valence-corrected chi connectivity index (χ3v) is 2.68. The molecule has 1 aromatic rings. The topological polar surface area (TPSA) is 25.8 Å². The van der Waals surface area contributed by atoms with Crippen molar-refractivity contribution in [3.8, 4) is 0 Å². The molecular weight excluding hydrogens is 208 g/mol. The molecule has 2 rings (SSSR count). The molecule has 98 valence electrons. The number of nitrogens with zero attached hydrogens (tertiary/aromatic N) is 2. The summed E-state index contributed by atoms with van der Waals surface area (Å²) < 4.78 is 0. The van der Waals surface area contributed by atoms with Crippen molar-refractivity contribution in [2.24, 2.45) is 5.92 Å². The molecule has 0 spiro atoms. The minimum atomic E-state index is 0.808. The molecule has 0 saturated heterocycles. The van der Waals surface area contributed by atoms with Crippen LogP contribution in [0.25, 0.3) is 0 Å². The van der Waals surface area contributed by atoms with E-state index in [-0.39, 0.29) is 0 Å². The Bertz CT molecular complexity index is 308. The molecule has 0 aliphatic heterocycles. The van der Waals surface area contributed by atoms with E-state index in [4.69, 9.17) is 0 Å². The molecule has 17 heavy (non-hydrogen) atoms. The Labute approximate surface area is 107 Å². The van der Waals surface area contributed by atoms with Crippen molar-refractivity contribution in [2.75, 3.05) is 0 Å². The summed E-state index contributed by atoms with van der Waals surface area (Å²) in [7, 11) is 0. The third-order valence-electron chi connectivity index (χ3n) is 2.68. The second-order valence-electron chi connectivity index (χ2n) is 4.44. The maximum absolute atomic E-state index is 4.30. The third kappa shape index (κ3) is 5.29. The molecule has 1 aromatic heterocycles. The highest BCUT2D eigenvalue weighted by Crippen LogP contribution is 2.24. The van der Waals surface area contributed by atoms with E-state index in [1.54, 1.807) is 6.33 Å². The van der Waals surface area contributed by atoms with Crippen molar-refractivity contribution in [2.45, 2.75) is 67.2 Å². The first-order valence-electron chi connectivity index (χ1n) is 6.98. The Hall–Kier alpha value is -0.920. The SMILES string of the molecule is CC.CCC.Cc1ncnc2c1CC(C)CC2. The minimum absolute atomic E-state index is 0.808. The Balaban J connectivity index is 0.000000450. The van der Waals surface area contributed by atoms with Crippen LogP contribution >= 0.6 is 0 Å². The lowest BCUT2D eigenvalue weighted by Crippen LogP contribution is -2.14. The van der Waals surface area contributed by atoms with Gasteiger partial charge in [-0.2, -0.15) is 0 Å². The second kappa shape index (κ2) is 9.15. The van der Waals surface area contributed by atoms with Crippen LogP contribution in [0.5, 0.6) is 0 Å². The van der Waals surface area contributed by atoms with Gasteiger partial charge in [-0.05, 0) is 37.7 Å². The molecule has 0 bridgehead atoms. The lowest BCUT2D eigenvalue weighted by Gasteiger charge is -2.21. The highest BCUT2D eigenvalue weighted by molar-refractivity contribution is 5.26.